The molecule has 0 spiro atoms. The van der Waals surface area contributed by atoms with Crippen LogP contribution in [0.2, 0.25) is 0 Å². The highest BCUT2D eigenvalue weighted by atomic mass is 127. The zero-order valence-electron chi connectivity index (χ0n) is 16.3. The number of aliphatic imine (C=N–C) groups is 1. The Morgan fingerprint density at radius 3 is 2.50 bits per heavy atom. The number of nitrogens with zero attached hydrogens (tertiary/aromatic N) is 3. The van der Waals surface area contributed by atoms with Gasteiger partial charge in [-0.25, -0.2) is 4.99 Å². The van der Waals surface area contributed by atoms with Gasteiger partial charge in [0, 0.05) is 26.2 Å². The Labute approximate surface area is 173 Å². The van der Waals surface area contributed by atoms with Crippen LogP contribution in [0.4, 0.5) is 0 Å². The van der Waals surface area contributed by atoms with E-state index in [1.54, 1.807) is 19.0 Å². The highest BCUT2D eigenvalue weighted by molar-refractivity contribution is 14.0. The second-order valence-electron chi connectivity index (χ2n) is 6.99. The number of amides is 1. The minimum Gasteiger partial charge on any atom is -0.361 e. The first kappa shape index (κ1) is 22.7. The van der Waals surface area contributed by atoms with E-state index in [1.165, 1.54) is 32.1 Å². The summed E-state index contributed by atoms with van der Waals surface area (Å²) in [6.07, 6.45) is 6.50. The van der Waals surface area contributed by atoms with Crippen LogP contribution in [0.5, 0.6) is 0 Å². The number of halogens is 1. The maximum atomic E-state index is 11.9. The molecule has 0 aromatic carbocycles. The third-order valence-corrected chi connectivity index (χ3v) is 4.77. The van der Waals surface area contributed by atoms with Crippen molar-refractivity contribution in [1.29, 1.82) is 0 Å². The number of guanidine groups is 1. The first-order valence-corrected chi connectivity index (χ1v) is 9.11. The number of carbonyl (C=O) groups excluding carboxylic acids is 1. The SMILES string of the molecule is Cc1noc(C)c1CN=C(NCC(=O)N(C)C)NCC1CCCCC1.I. The van der Waals surface area contributed by atoms with Crippen molar-refractivity contribution < 1.29 is 9.32 Å². The summed E-state index contributed by atoms with van der Waals surface area (Å²) >= 11 is 0. The fourth-order valence-corrected chi connectivity index (χ4v) is 3.01. The van der Waals surface area contributed by atoms with E-state index in [-0.39, 0.29) is 36.4 Å². The van der Waals surface area contributed by atoms with Crippen molar-refractivity contribution >= 4 is 35.8 Å². The van der Waals surface area contributed by atoms with Crippen LogP contribution in [0, 0.1) is 19.8 Å². The summed E-state index contributed by atoms with van der Waals surface area (Å²) in [6.45, 7) is 5.41. The van der Waals surface area contributed by atoms with E-state index in [9.17, 15) is 4.79 Å². The third kappa shape index (κ3) is 7.13. The monoisotopic (exact) mass is 477 g/mol. The quantitative estimate of drug-likeness (QED) is 0.374. The molecular formula is C18H32IN5O2. The molecule has 1 fully saturated rings. The van der Waals surface area contributed by atoms with E-state index in [2.05, 4.69) is 20.8 Å². The van der Waals surface area contributed by atoms with Crippen molar-refractivity contribution in [2.45, 2.75) is 52.5 Å². The van der Waals surface area contributed by atoms with Crippen LogP contribution in [0.25, 0.3) is 0 Å². The molecule has 0 saturated heterocycles. The van der Waals surface area contributed by atoms with Crippen LogP contribution in [0.3, 0.4) is 0 Å². The Morgan fingerprint density at radius 2 is 1.92 bits per heavy atom. The lowest BCUT2D eigenvalue weighted by Crippen LogP contribution is -2.44. The molecule has 7 nitrogen and oxygen atoms in total. The summed E-state index contributed by atoms with van der Waals surface area (Å²) in [7, 11) is 3.50. The molecule has 0 radical (unpaired) electrons. The van der Waals surface area contributed by atoms with Gasteiger partial charge in [0.25, 0.3) is 0 Å². The molecular weight excluding hydrogens is 445 g/mol. The molecule has 1 aromatic heterocycles. The second-order valence-corrected chi connectivity index (χ2v) is 6.99. The molecule has 148 valence electrons. The molecule has 8 heteroatoms. The van der Waals surface area contributed by atoms with Crippen LogP contribution in [-0.4, -0.2) is 49.1 Å². The molecule has 1 saturated carbocycles. The predicted molar refractivity (Wildman–Crippen MR) is 114 cm³/mol. The maximum Gasteiger partial charge on any atom is 0.241 e. The normalized spacial score (nSPS) is 15.3. The van der Waals surface area contributed by atoms with Gasteiger partial charge in [0.05, 0.1) is 18.8 Å². The van der Waals surface area contributed by atoms with Crippen molar-refractivity contribution in [1.82, 2.24) is 20.7 Å². The van der Waals surface area contributed by atoms with Crippen molar-refractivity contribution in [3.05, 3.63) is 17.0 Å². The third-order valence-electron chi connectivity index (χ3n) is 4.77. The molecule has 2 N–H and O–H groups in total. The Kier molecular flexibility index (Phi) is 9.97. The highest BCUT2D eigenvalue weighted by Crippen LogP contribution is 2.22. The average Bonchev–Trinajstić information content (AvgIpc) is 2.93. The summed E-state index contributed by atoms with van der Waals surface area (Å²) in [6, 6.07) is 0. The molecule has 2 rings (SSSR count). The van der Waals surface area contributed by atoms with Gasteiger partial charge in [0.1, 0.15) is 5.76 Å². The summed E-state index contributed by atoms with van der Waals surface area (Å²) in [5.74, 6) is 2.16. The molecule has 0 atom stereocenters. The van der Waals surface area contributed by atoms with Crippen molar-refractivity contribution in [3.8, 4) is 0 Å². The van der Waals surface area contributed by atoms with Gasteiger partial charge in [-0.3, -0.25) is 4.79 Å². The maximum absolute atomic E-state index is 11.9. The number of hydrogen-bond donors (Lipinski definition) is 2. The standard InChI is InChI=1S/C18H31N5O2.HI/c1-13-16(14(2)25-22-13)11-20-18(21-12-17(24)23(3)4)19-10-15-8-6-5-7-9-15;/h15H,5-12H2,1-4H3,(H2,19,20,21);1H. The van der Waals surface area contributed by atoms with Crippen molar-refractivity contribution in [2.75, 3.05) is 27.2 Å². The number of rotatable bonds is 6. The number of nitrogens with one attached hydrogen (secondary N) is 2. The lowest BCUT2D eigenvalue weighted by atomic mass is 9.89. The lowest BCUT2D eigenvalue weighted by molar-refractivity contribution is -0.127. The molecule has 1 aliphatic carbocycles. The predicted octanol–water partition coefficient (Wildman–Crippen LogP) is 2.61. The topological polar surface area (TPSA) is 82.8 Å². The van der Waals surface area contributed by atoms with E-state index < -0.39 is 0 Å². The lowest BCUT2D eigenvalue weighted by Gasteiger charge is -2.23. The van der Waals surface area contributed by atoms with E-state index in [1.807, 2.05) is 13.8 Å². The van der Waals surface area contributed by atoms with Gasteiger partial charge in [0.2, 0.25) is 5.91 Å². The number of hydrogen-bond acceptors (Lipinski definition) is 4. The Bertz CT molecular complexity index is 575. The molecule has 1 aromatic rings. The van der Waals surface area contributed by atoms with Gasteiger partial charge >= 0.3 is 0 Å². The van der Waals surface area contributed by atoms with Crippen molar-refractivity contribution in [2.24, 2.45) is 10.9 Å². The zero-order valence-corrected chi connectivity index (χ0v) is 18.6. The van der Waals surface area contributed by atoms with E-state index in [0.717, 1.165) is 23.6 Å². The van der Waals surface area contributed by atoms with Crippen LogP contribution in [-0.2, 0) is 11.3 Å². The number of aryl methyl sites for hydroxylation is 2. The van der Waals surface area contributed by atoms with E-state index in [0.29, 0.717) is 18.4 Å². The molecule has 26 heavy (non-hydrogen) atoms. The van der Waals surface area contributed by atoms with Gasteiger partial charge in [-0.1, -0.05) is 24.4 Å². The van der Waals surface area contributed by atoms with E-state index >= 15 is 0 Å². The van der Waals surface area contributed by atoms with Crippen molar-refractivity contribution in [3.63, 3.8) is 0 Å². The largest absolute Gasteiger partial charge is 0.361 e. The van der Waals surface area contributed by atoms with E-state index in [4.69, 9.17) is 4.52 Å². The Hall–Kier alpha value is -1.32. The Balaban J connectivity index is 0.00000338. The summed E-state index contributed by atoms with van der Waals surface area (Å²) in [5.41, 5.74) is 1.86. The van der Waals surface area contributed by atoms with Gasteiger partial charge in [-0.05, 0) is 32.6 Å². The first-order valence-electron chi connectivity index (χ1n) is 9.11. The number of aromatic nitrogens is 1. The van der Waals surface area contributed by atoms with Crippen LogP contribution < -0.4 is 10.6 Å². The van der Waals surface area contributed by atoms with Gasteiger partial charge < -0.3 is 20.1 Å². The average molecular weight is 477 g/mol. The van der Waals surface area contributed by atoms with Gasteiger partial charge in [0.15, 0.2) is 5.96 Å². The Morgan fingerprint density at radius 1 is 1.23 bits per heavy atom. The molecule has 1 amide bonds. The summed E-state index contributed by atoms with van der Waals surface area (Å²) in [5, 5.41) is 10.5. The number of carbonyl (C=O) groups is 1. The summed E-state index contributed by atoms with van der Waals surface area (Å²) in [4.78, 5) is 18.0. The first-order chi connectivity index (χ1) is 12.0. The van der Waals surface area contributed by atoms with Gasteiger partial charge in [-0.15, -0.1) is 24.0 Å². The van der Waals surface area contributed by atoms with Crippen LogP contribution in [0.1, 0.15) is 49.1 Å². The van der Waals surface area contributed by atoms with Crippen LogP contribution in [0.15, 0.2) is 9.52 Å². The molecule has 0 unspecified atom stereocenters. The zero-order chi connectivity index (χ0) is 18.2. The molecule has 0 aliphatic heterocycles. The van der Waals surface area contributed by atoms with Gasteiger partial charge in [-0.2, -0.15) is 0 Å². The molecule has 0 bridgehead atoms. The fraction of sp³-hybridized carbons (Fsp3) is 0.722. The minimum atomic E-state index is 0. The number of likely N-dealkylation sites (N-methyl/N-ethyl adjacent to an activating group) is 1. The molecule has 1 heterocycles. The van der Waals surface area contributed by atoms with Crippen LogP contribution >= 0.6 is 24.0 Å². The smallest absolute Gasteiger partial charge is 0.241 e. The second kappa shape index (κ2) is 11.4. The summed E-state index contributed by atoms with van der Waals surface area (Å²) < 4.78 is 5.19. The highest BCUT2D eigenvalue weighted by Gasteiger charge is 2.15. The molecule has 1 aliphatic rings. The minimum absolute atomic E-state index is 0. The fourth-order valence-electron chi connectivity index (χ4n) is 3.01.